The maximum absolute atomic E-state index is 12.6. The van der Waals surface area contributed by atoms with E-state index in [1.165, 1.54) is 0 Å². The van der Waals surface area contributed by atoms with Gasteiger partial charge in [-0.15, -0.1) is 0 Å². The molecule has 2 aromatic rings. The molecule has 0 bridgehead atoms. The molecule has 0 saturated carbocycles. The van der Waals surface area contributed by atoms with Gasteiger partial charge in [-0.3, -0.25) is 9.48 Å². The number of amides is 1. The maximum atomic E-state index is 12.6. The summed E-state index contributed by atoms with van der Waals surface area (Å²) in [4.78, 5) is 18.9. The van der Waals surface area contributed by atoms with Gasteiger partial charge < -0.3 is 14.2 Å². The van der Waals surface area contributed by atoms with Crippen LogP contribution < -0.4 is 0 Å². The number of aromatic nitrogens is 4. The molecule has 1 aliphatic heterocycles. The van der Waals surface area contributed by atoms with E-state index in [-0.39, 0.29) is 11.8 Å². The molecular formula is C18H27N5O3. The fraction of sp³-hybridized carbons (Fsp3) is 0.667. The molecule has 0 aliphatic carbocycles. The Kier molecular flexibility index (Phi) is 6.03. The first-order valence-corrected chi connectivity index (χ1v) is 9.26. The summed E-state index contributed by atoms with van der Waals surface area (Å²) in [5.41, 5.74) is 2.06. The Hall–Kier alpha value is -2.22. The third-order valence-electron chi connectivity index (χ3n) is 4.69. The second-order valence-electron chi connectivity index (χ2n) is 6.76. The highest BCUT2D eigenvalue weighted by molar-refractivity contribution is 5.76. The normalized spacial score (nSPS) is 17.7. The average molecular weight is 361 g/mol. The van der Waals surface area contributed by atoms with Crippen molar-refractivity contribution in [1.29, 1.82) is 0 Å². The number of carbonyl (C=O) groups excluding carboxylic acids is 1. The topological polar surface area (TPSA) is 86.3 Å². The van der Waals surface area contributed by atoms with Gasteiger partial charge in [0.2, 0.25) is 5.91 Å². The fourth-order valence-electron chi connectivity index (χ4n) is 3.36. The summed E-state index contributed by atoms with van der Waals surface area (Å²) in [7, 11) is 0. The molecular weight excluding hydrogens is 334 g/mol. The first kappa shape index (κ1) is 18.6. The van der Waals surface area contributed by atoms with Crippen LogP contribution in [0.1, 0.15) is 55.2 Å². The second-order valence-corrected chi connectivity index (χ2v) is 6.76. The van der Waals surface area contributed by atoms with Gasteiger partial charge in [-0.1, -0.05) is 5.16 Å². The molecule has 1 saturated heterocycles. The van der Waals surface area contributed by atoms with Gasteiger partial charge >= 0.3 is 0 Å². The molecule has 0 spiro atoms. The third kappa shape index (κ3) is 4.49. The highest BCUT2D eigenvalue weighted by Gasteiger charge is 2.28. The summed E-state index contributed by atoms with van der Waals surface area (Å²) in [5, 5.41) is 8.50. The van der Waals surface area contributed by atoms with Gasteiger partial charge in [-0.25, -0.2) is 0 Å². The van der Waals surface area contributed by atoms with Crippen LogP contribution in [-0.2, 0) is 22.7 Å². The molecule has 3 heterocycles. The van der Waals surface area contributed by atoms with Gasteiger partial charge in [-0.2, -0.15) is 10.1 Å². The van der Waals surface area contributed by atoms with Crippen molar-refractivity contribution >= 4 is 5.91 Å². The second kappa shape index (κ2) is 8.44. The molecule has 1 amide bonds. The number of ether oxygens (including phenoxy) is 1. The molecule has 0 radical (unpaired) electrons. The van der Waals surface area contributed by atoms with Gasteiger partial charge in [0.25, 0.3) is 5.89 Å². The van der Waals surface area contributed by atoms with Gasteiger partial charge in [0.15, 0.2) is 5.82 Å². The Morgan fingerprint density at radius 3 is 3.00 bits per heavy atom. The summed E-state index contributed by atoms with van der Waals surface area (Å²) in [5.74, 6) is 1.45. The maximum Gasteiger partial charge on any atom is 0.252 e. The van der Waals surface area contributed by atoms with Crippen molar-refractivity contribution in [3.8, 4) is 0 Å². The van der Waals surface area contributed by atoms with Gasteiger partial charge in [0.1, 0.15) is 6.61 Å². The van der Waals surface area contributed by atoms with Crippen molar-refractivity contribution in [1.82, 2.24) is 24.8 Å². The highest BCUT2D eigenvalue weighted by Crippen LogP contribution is 2.25. The largest absolute Gasteiger partial charge is 0.372 e. The van der Waals surface area contributed by atoms with Gasteiger partial charge in [0, 0.05) is 44.3 Å². The molecule has 2 aromatic heterocycles. The molecule has 1 fully saturated rings. The van der Waals surface area contributed by atoms with E-state index in [0.717, 1.165) is 30.8 Å². The third-order valence-corrected chi connectivity index (χ3v) is 4.69. The molecule has 3 rings (SSSR count). The van der Waals surface area contributed by atoms with Crippen LogP contribution in [0.2, 0.25) is 0 Å². The predicted molar refractivity (Wildman–Crippen MR) is 94.5 cm³/mol. The van der Waals surface area contributed by atoms with Crippen LogP contribution in [0.3, 0.4) is 0 Å². The standard InChI is InChI=1S/C18H27N5O3/c1-4-25-12-16-19-18(21-26-16)15-6-5-8-22(11-15)17(24)7-9-23-14(3)10-13(2)20-23/h10,15H,4-9,11-12H2,1-3H3. The zero-order valence-corrected chi connectivity index (χ0v) is 15.8. The zero-order chi connectivity index (χ0) is 18.5. The number of carbonyl (C=O) groups is 1. The first-order valence-electron chi connectivity index (χ1n) is 9.26. The minimum Gasteiger partial charge on any atom is -0.372 e. The fourth-order valence-corrected chi connectivity index (χ4v) is 3.36. The van der Waals surface area contributed by atoms with Crippen LogP contribution in [0.4, 0.5) is 0 Å². The first-order chi connectivity index (χ1) is 12.6. The molecule has 8 heteroatoms. The van der Waals surface area contributed by atoms with E-state index in [1.807, 2.05) is 36.4 Å². The molecule has 8 nitrogen and oxygen atoms in total. The molecule has 0 aromatic carbocycles. The number of hydrogen-bond acceptors (Lipinski definition) is 6. The number of nitrogens with zero attached hydrogens (tertiary/aromatic N) is 5. The lowest BCUT2D eigenvalue weighted by atomic mass is 9.97. The quantitative estimate of drug-likeness (QED) is 0.751. The Bertz CT molecular complexity index is 739. The van der Waals surface area contributed by atoms with Crippen molar-refractivity contribution in [3.63, 3.8) is 0 Å². The van der Waals surface area contributed by atoms with Crippen molar-refractivity contribution in [2.24, 2.45) is 0 Å². The minimum atomic E-state index is 0.125. The van der Waals surface area contributed by atoms with E-state index in [0.29, 0.717) is 44.4 Å². The van der Waals surface area contributed by atoms with E-state index in [4.69, 9.17) is 9.26 Å². The Morgan fingerprint density at radius 2 is 2.27 bits per heavy atom. The lowest BCUT2D eigenvalue weighted by Crippen LogP contribution is -2.39. The van der Waals surface area contributed by atoms with Crippen LogP contribution in [-0.4, -0.2) is 50.4 Å². The SMILES string of the molecule is CCOCc1nc(C2CCCN(C(=O)CCn3nc(C)cc3C)C2)no1. The number of piperidine rings is 1. The van der Waals surface area contributed by atoms with E-state index < -0.39 is 0 Å². The number of aryl methyl sites for hydroxylation is 3. The molecule has 0 N–H and O–H groups in total. The summed E-state index contributed by atoms with van der Waals surface area (Å²) < 4.78 is 12.4. The highest BCUT2D eigenvalue weighted by atomic mass is 16.5. The van der Waals surface area contributed by atoms with Crippen molar-refractivity contribution in [2.45, 2.75) is 59.1 Å². The van der Waals surface area contributed by atoms with E-state index >= 15 is 0 Å². The Balaban J connectivity index is 1.54. The van der Waals surface area contributed by atoms with Gasteiger partial charge in [-0.05, 0) is 39.7 Å². The van der Waals surface area contributed by atoms with E-state index in [9.17, 15) is 4.79 Å². The van der Waals surface area contributed by atoms with E-state index in [2.05, 4.69) is 15.2 Å². The average Bonchev–Trinajstić information content (AvgIpc) is 3.24. The van der Waals surface area contributed by atoms with E-state index in [1.54, 1.807) is 0 Å². The zero-order valence-electron chi connectivity index (χ0n) is 15.8. The number of rotatable bonds is 7. The predicted octanol–water partition coefficient (Wildman–Crippen LogP) is 2.22. The summed E-state index contributed by atoms with van der Waals surface area (Å²) in [6.45, 7) is 8.89. The number of likely N-dealkylation sites (tertiary alicyclic amines) is 1. The lowest BCUT2D eigenvalue weighted by molar-refractivity contribution is -0.132. The molecule has 26 heavy (non-hydrogen) atoms. The Morgan fingerprint density at radius 1 is 1.42 bits per heavy atom. The van der Waals surface area contributed by atoms with Crippen LogP contribution in [0, 0.1) is 13.8 Å². The van der Waals surface area contributed by atoms with Crippen LogP contribution in [0.25, 0.3) is 0 Å². The van der Waals surface area contributed by atoms with Crippen LogP contribution in [0.15, 0.2) is 10.6 Å². The van der Waals surface area contributed by atoms with Crippen LogP contribution in [0.5, 0.6) is 0 Å². The van der Waals surface area contributed by atoms with Crippen molar-refractivity contribution in [3.05, 3.63) is 29.2 Å². The molecule has 142 valence electrons. The summed E-state index contributed by atoms with van der Waals surface area (Å²) >= 11 is 0. The lowest BCUT2D eigenvalue weighted by Gasteiger charge is -2.31. The van der Waals surface area contributed by atoms with Crippen molar-refractivity contribution in [2.75, 3.05) is 19.7 Å². The summed E-state index contributed by atoms with van der Waals surface area (Å²) in [6.07, 6.45) is 2.37. The monoisotopic (exact) mass is 361 g/mol. The molecule has 1 aliphatic rings. The smallest absolute Gasteiger partial charge is 0.252 e. The molecule has 1 unspecified atom stereocenters. The van der Waals surface area contributed by atoms with Crippen molar-refractivity contribution < 1.29 is 14.1 Å². The van der Waals surface area contributed by atoms with Crippen LogP contribution >= 0.6 is 0 Å². The van der Waals surface area contributed by atoms with Gasteiger partial charge in [0.05, 0.1) is 5.69 Å². The molecule has 1 atom stereocenters. The number of hydrogen-bond donors (Lipinski definition) is 0. The minimum absolute atomic E-state index is 0.125. The summed E-state index contributed by atoms with van der Waals surface area (Å²) in [6, 6.07) is 2.03. The Labute approximate surface area is 153 Å².